The number of hydrogen-bond donors (Lipinski definition) is 1. The summed E-state index contributed by atoms with van der Waals surface area (Å²) < 4.78 is 33.6. The second-order valence-corrected chi connectivity index (χ2v) is 10.3. The second kappa shape index (κ2) is 10.8. The van der Waals surface area contributed by atoms with Crippen molar-refractivity contribution < 1.29 is 17.9 Å². The van der Waals surface area contributed by atoms with Crippen molar-refractivity contribution in [2.24, 2.45) is 0 Å². The molecule has 33 heavy (non-hydrogen) atoms. The number of para-hydroxylation sites is 1. The van der Waals surface area contributed by atoms with Crippen LogP contribution >= 0.6 is 11.8 Å². The van der Waals surface area contributed by atoms with Gasteiger partial charge in [0, 0.05) is 10.5 Å². The number of aryl methyl sites for hydroxylation is 1. The van der Waals surface area contributed by atoms with Crippen LogP contribution in [0.3, 0.4) is 0 Å². The van der Waals surface area contributed by atoms with E-state index < -0.39 is 15.9 Å². The number of methoxy groups -OCH3 is 1. The van der Waals surface area contributed by atoms with Gasteiger partial charge in [-0.15, -0.1) is 11.8 Å². The Labute approximate surface area is 200 Å². The van der Waals surface area contributed by atoms with Crippen molar-refractivity contribution in [3.8, 4) is 5.75 Å². The molecule has 0 saturated heterocycles. The van der Waals surface area contributed by atoms with Crippen LogP contribution in [0, 0.1) is 6.92 Å². The highest BCUT2D eigenvalue weighted by atomic mass is 32.2. The quantitative estimate of drug-likeness (QED) is 0.442. The van der Waals surface area contributed by atoms with E-state index in [1.54, 1.807) is 43.5 Å². The highest BCUT2D eigenvalue weighted by molar-refractivity contribution is 7.98. The summed E-state index contributed by atoms with van der Waals surface area (Å²) in [6.45, 7) is 3.40. The number of carbonyl (C=O) groups excluding carboxylic acids is 1. The molecule has 1 N–H and O–H groups in total. The van der Waals surface area contributed by atoms with Crippen LogP contribution in [0.5, 0.6) is 5.75 Å². The van der Waals surface area contributed by atoms with Gasteiger partial charge in [0.2, 0.25) is 5.91 Å². The van der Waals surface area contributed by atoms with Crippen molar-refractivity contribution in [2.45, 2.75) is 29.7 Å². The number of ether oxygens (including phenoxy) is 1. The predicted molar refractivity (Wildman–Crippen MR) is 133 cm³/mol. The van der Waals surface area contributed by atoms with Crippen LogP contribution in [0.2, 0.25) is 0 Å². The van der Waals surface area contributed by atoms with Gasteiger partial charge in [0.15, 0.2) is 0 Å². The van der Waals surface area contributed by atoms with Crippen molar-refractivity contribution >= 4 is 33.4 Å². The third-order valence-electron chi connectivity index (χ3n) is 5.24. The highest BCUT2D eigenvalue weighted by Gasteiger charge is 2.28. The minimum absolute atomic E-state index is 0.131. The number of carbonyl (C=O) groups is 1. The van der Waals surface area contributed by atoms with E-state index in [4.69, 9.17) is 4.74 Å². The lowest BCUT2D eigenvalue weighted by atomic mass is 10.1. The lowest BCUT2D eigenvalue weighted by molar-refractivity contribution is -0.120. The maximum absolute atomic E-state index is 13.5. The van der Waals surface area contributed by atoms with Crippen LogP contribution in [0.25, 0.3) is 0 Å². The van der Waals surface area contributed by atoms with E-state index in [2.05, 4.69) is 5.32 Å². The summed E-state index contributed by atoms with van der Waals surface area (Å²) in [4.78, 5) is 14.1. The Balaban J connectivity index is 1.89. The van der Waals surface area contributed by atoms with Crippen LogP contribution < -0.4 is 14.4 Å². The van der Waals surface area contributed by atoms with Crippen molar-refractivity contribution in [3.63, 3.8) is 0 Å². The van der Waals surface area contributed by atoms with Crippen molar-refractivity contribution in [1.82, 2.24) is 5.32 Å². The molecule has 3 rings (SSSR count). The molecule has 0 saturated carbocycles. The molecule has 1 atom stereocenters. The Kier molecular flexibility index (Phi) is 8.05. The first-order chi connectivity index (χ1) is 15.8. The standard InChI is InChI=1S/C25H28N2O4S2/c1-18-9-11-20(12-10-18)27(33(29,30)22-15-13-21(32-4)14-16-22)17-25(28)26-19(2)23-7-5-6-8-24(23)31-3/h5-16,19H,17H2,1-4H3,(H,26,28)/t19-/m1/s1. The Bertz CT molecular complexity index is 1190. The number of rotatable bonds is 9. The summed E-state index contributed by atoms with van der Waals surface area (Å²) in [6.07, 6.45) is 1.93. The molecule has 0 unspecified atom stereocenters. The SMILES string of the molecule is COc1ccccc1[C@@H](C)NC(=O)CN(c1ccc(C)cc1)S(=O)(=O)c1ccc(SC)cc1. The minimum Gasteiger partial charge on any atom is -0.496 e. The van der Waals surface area contributed by atoms with Gasteiger partial charge in [-0.05, 0) is 62.6 Å². The highest BCUT2D eigenvalue weighted by Crippen LogP contribution is 2.27. The van der Waals surface area contributed by atoms with E-state index in [0.29, 0.717) is 11.4 Å². The number of sulfonamides is 1. The zero-order valence-corrected chi connectivity index (χ0v) is 20.7. The van der Waals surface area contributed by atoms with Gasteiger partial charge in [-0.2, -0.15) is 0 Å². The third kappa shape index (κ3) is 5.89. The van der Waals surface area contributed by atoms with Crippen LogP contribution in [0.15, 0.2) is 82.6 Å². The average Bonchev–Trinajstić information content (AvgIpc) is 2.83. The molecule has 8 heteroatoms. The van der Waals surface area contributed by atoms with Gasteiger partial charge >= 0.3 is 0 Å². The van der Waals surface area contributed by atoms with Crippen LogP contribution in [0.4, 0.5) is 5.69 Å². The fourth-order valence-corrected chi connectivity index (χ4v) is 5.25. The molecule has 0 spiro atoms. The molecule has 0 aliphatic heterocycles. The summed E-state index contributed by atoms with van der Waals surface area (Å²) in [5.41, 5.74) is 2.23. The number of nitrogens with one attached hydrogen (secondary N) is 1. The topological polar surface area (TPSA) is 75.7 Å². The second-order valence-electron chi connectivity index (χ2n) is 7.55. The van der Waals surface area contributed by atoms with E-state index in [9.17, 15) is 13.2 Å². The molecule has 174 valence electrons. The first-order valence-electron chi connectivity index (χ1n) is 10.4. The molecule has 0 aliphatic carbocycles. The van der Waals surface area contributed by atoms with Crippen LogP contribution in [0.1, 0.15) is 24.1 Å². The molecule has 0 aromatic heterocycles. The Morgan fingerprint density at radius 1 is 1.03 bits per heavy atom. The summed E-state index contributed by atoms with van der Waals surface area (Å²) in [7, 11) is -2.39. The average molecular weight is 485 g/mol. The number of amides is 1. The molecule has 0 bridgehead atoms. The lowest BCUT2D eigenvalue weighted by Gasteiger charge is -2.25. The molecule has 0 fully saturated rings. The number of nitrogens with zero attached hydrogens (tertiary/aromatic N) is 1. The number of benzene rings is 3. The number of thioether (sulfide) groups is 1. The Hall–Kier alpha value is -2.97. The number of hydrogen-bond acceptors (Lipinski definition) is 5. The van der Waals surface area contributed by atoms with Gasteiger partial charge in [0.1, 0.15) is 12.3 Å². The Morgan fingerprint density at radius 3 is 2.27 bits per heavy atom. The molecular formula is C25H28N2O4S2. The lowest BCUT2D eigenvalue weighted by Crippen LogP contribution is -2.41. The molecule has 0 aliphatic rings. The van der Waals surface area contributed by atoms with Gasteiger partial charge < -0.3 is 10.1 Å². The molecule has 0 radical (unpaired) electrons. The van der Waals surface area contributed by atoms with Gasteiger partial charge in [-0.3, -0.25) is 9.10 Å². The minimum atomic E-state index is -3.96. The molecule has 1 amide bonds. The van der Waals surface area contributed by atoms with E-state index in [-0.39, 0.29) is 17.5 Å². The maximum atomic E-state index is 13.5. The van der Waals surface area contributed by atoms with Crippen molar-refractivity contribution in [3.05, 3.63) is 83.9 Å². The van der Waals surface area contributed by atoms with E-state index >= 15 is 0 Å². The smallest absolute Gasteiger partial charge is 0.264 e. The maximum Gasteiger partial charge on any atom is 0.264 e. The fourth-order valence-electron chi connectivity index (χ4n) is 3.42. The van der Waals surface area contributed by atoms with Crippen LogP contribution in [-0.4, -0.2) is 34.2 Å². The van der Waals surface area contributed by atoms with Crippen molar-refractivity contribution in [2.75, 3.05) is 24.2 Å². The van der Waals surface area contributed by atoms with Gasteiger partial charge in [0.25, 0.3) is 10.0 Å². The molecule has 6 nitrogen and oxygen atoms in total. The van der Waals surface area contributed by atoms with Gasteiger partial charge in [0.05, 0.1) is 23.7 Å². The van der Waals surface area contributed by atoms with Gasteiger partial charge in [-0.1, -0.05) is 35.9 Å². The largest absolute Gasteiger partial charge is 0.496 e. The molecule has 3 aromatic carbocycles. The monoisotopic (exact) mass is 484 g/mol. The molecule has 0 heterocycles. The Morgan fingerprint density at radius 2 is 1.67 bits per heavy atom. The van der Waals surface area contributed by atoms with Gasteiger partial charge in [-0.25, -0.2) is 8.42 Å². The van der Waals surface area contributed by atoms with Crippen molar-refractivity contribution in [1.29, 1.82) is 0 Å². The predicted octanol–water partition coefficient (Wildman–Crippen LogP) is 4.80. The van der Waals surface area contributed by atoms with E-state index in [1.807, 2.05) is 56.5 Å². The zero-order chi connectivity index (χ0) is 24.0. The first kappa shape index (κ1) is 24.7. The van der Waals surface area contributed by atoms with E-state index in [0.717, 1.165) is 20.3 Å². The summed E-state index contributed by atoms with van der Waals surface area (Å²) in [5, 5.41) is 2.90. The molecular weight excluding hydrogens is 456 g/mol. The summed E-state index contributed by atoms with van der Waals surface area (Å²) >= 11 is 1.53. The zero-order valence-electron chi connectivity index (χ0n) is 19.1. The first-order valence-corrected chi connectivity index (χ1v) is 13.1. The number of anilines is 1. The van der Waals surface area contributed by atoms with Crippen LogP contribution in [-0.2, 0) is 14.8 Å². The van der Waals surface area contributed by atoms with E-state index in [1.165, 1.54) is 11.8 Å². The normalized spacial score (nSPS) is 12.1. The summed E-state index contributed by atoms with van der Waals surface area (Å²) in [5.74, 6) is 0.237. The fraction of sp³-hybridized carbons (Fsp3) is 0.240. The summed E-state index contributed by atoms with van der Waals surface area (Å²) in [6, 6.07) is 20.8. The molecule has 3 aromatic rings. The third-order valence-corrected chi connectivity index (χ3v) is 7.77.